The van der Waals surface area contributed by atoms with Crippen LogP contribution in [0.1, 0.15) is 36.4 Å². The van der Waals surface area contributed by atoms with E-state index >= 15 is 0 Å². The predicted molar refractivity (Wildman–Crippen MR) is 138 cm³/mol. The molecule has 0 saturated heterocycles. The zero-order chi connectivity index (χ0) is 26.2. The SMILES string of the molecule is C#Cc1cccc(-c2cc(-c3cn(Cc4cccc(C(CC)OC)n4)nn3)nc(NC(=O)COC)n2)c1. The Kier molecular flexibility index (Phi) is 8.30. The first-order valence-corrected chi connectivity index (χ1v) is 11.7. The molecule has 0 aliphatic heterocycles. The van der Waals surface area contributed by atoms with E-state index in [0.29, 0.717) is 29.2 Å². The molecule has 4 rings (SSSR count). The standard InChI is InChI=1S/C27H27N7O3/c1-5-18-9-7-10-19(13-18)22-14-23(30-27(29-22)31-26(35)17-36-3)24-16-34(33-32-24)15-20-11-8-12-21(28-20)25(6-2)37-4/h1,7-14,16,25H,6,15,17H2,2-4H3,(H,29,30,31,35). The zero-order valence-electron chi connectivity index (χ0n) is 20.9. The number of nitrogens with zero attached hydrogens (tertiary/aromatic N) is 6. The number of methoxy groups -OCH3 is 2. The van der Waals surface area contributed by atoms with E-state index in [1.165, 1.54) is 7.11 Å². The predicted octanol–water partition coefficient (Wildman–Crippen LogP) is 3.51. The second-order valence-electron chi connectivity index (χ2n) is 8.16. The molecular formula is C27H27N7O3. The first kappa shape index (κ1) is 25.6. The molecule has 4 aromatic rings. The van der Waals surface area contributed by atoms with Crippen LogP contribution in [-0.2, 0) is 20.8 Å². The van der Waals surface area contributed by atoms with Gasteiger partial charge in [0.2, 0.25) is 5.95 Å². The van der Waals surface area contributed by atoms with Crippen LogP contribution in [0.2, 0.25) is 0 Å². The van der Waals surface area contributed by atoms with Crippen molar-refractivity contribution in [3.8, 4) is 35.0 Å². The summed E-state index contributed by atoms with van der Waals surface area (Å²) in [6.45, 7) is 2.34. The maximum atomic E-state index is 12.1. The Morgan fingerprint density at radius 2 is 1.89 bits per heavy atom. The molecule has 1 unspecified atom stereocenters. The third kappa shape index (κ3) is 6.41. The second-order valence-corrected chi connectivity index (χ2v) is 8.16. The van der Waals surface area contributed by atoms with E-state index in [4.69, 9.17) is 20.9 Å². The zero-order valence-corrected chi connectivity index (χ0v) is 20.9. The van der Waals surface area contributed by atoms with Gasteiger partial charge in [0, 0.05) is 25.3 Å². The Balaban J connectivity index is 1.66. The number of benzene rings is 1. The summed E-state index contributed by atoms with van der Waals surface area (Å²) in [5.74, 6) is 2.37. The molecule has 0 radical (unpaired) electrons. The van der Waals surface area contributed by atoms with Crippen molar-refractivity contribution in [2.75, 3.05) is 26.1 Å². The van der Waals surface area contributed by atoms with E-state index < -0.39 is 0 Å². The minimum Gasteiger partial charge on any atom is -0.375 e. The van der Waals surface area contributed by atoms with Gasteiger partial charge in [-0.1, -0.05) is 36.3 Å². The number of carbonyl (C=O) groups is 1. The summed E-state index contributed by atoms with van der Waals surface area (Å²) in [5.41, 5.74) is 4.76. The molecule has 1 N–H and O–H groups in total. The number of nitrogens with one attached hydrogen (secondary N) is 1. The Hall–Kier alpha value is -4.46. The van der Waals surface area contributed by atoms with E-state index in [-0.39, 0.29) is 24.6 Å². The molecule has 1 aromatic carbocycles. The molecule has 0 aliphatic carbocycles. The largest absolute Gasteiger partial charge is 0.375 e. The van der Waals surface area contributed by atoms with Crippen molar-refractivity contribution in [3.05, 3.63) is 71.7 Å². The monoisotopic (exact) mass is 497 g/mol. The lowest BCUT2D eigenvalue weighted by molar-refractivity contribution is -0.119. The number of anilines is 1. The summed E-state index contributed by atoms with van der Waals surface area (Å²) in [6, 6.07) is 15.0. The van der Waals surface area contributed by atoms with E-state index in [9.17, 15) is 4.79 Å². The Labute approximate surface area is 215 Å². The summed E-state index contributed by atoms with van der Waals surface area (Å²) >= 11 is 0. The van der Waals surface area contributed by atoms with Crippen LogP contribution in [0, 0.1) is 12.3 Å². The van der Waals surface area contributed by atoms with Gasteiger partial charge in [-0.05, 0) is 36.8 Å². The van der Waals surface area contributed by atoms with Gasteiger partial charge in [-0.2, -0.15) is 0 Å². The van der Waals surface area contributed by atoms with Crippen LogP contribution < -0.4 is 5.32 Å². The number of hydrogen-bond acceptors (Lipinski definition) is 8. The Morgan fingerprint density at radius 3 is 2.65 bits per heavy atom. The van der Waals surface area contributed by atoms with E-state index in [0.717, 1.165) is 23.4 Å². The highest BCUT2D eigenvalue weighted by Crippen LogP contribution is 2.25. The number of rotatable bonds is 10. The van der Waals surface area contributed by atoms with Crippen LogP contribution in [0.4, 0.5) is 5.95 Å². The van der Waals surface area contributed by atoms with Gasteiger partial charge in [-0.25, -0.2) is 14.6 Å². The lowest BCUT2D eigenvalue weighted by Crippen LogP contribution is -2.19. The summed E-state index contributed by atoms with van der Waals surface area (Å²) < 4.78 is 12.1. The first-order valence-electron chi connectivity index (χ1n) is 11.7. The van der Waals surface area contributed by atoms with Gasteiger partial charge in [0.05, 0.1) is 41.6 Å². The second kappa shape index (κ2) is 12.0. The molecule has 10 heteroatoms. The van der Waals surface area contributed by atoms with Gasteiger partial charge in [0.1, 0.15) is 12.3 Å². The van der Waals surface area contributed by atoms with Crippen molar-refractivity contribution in [2.45, 2.75) is 26.0 Å². The highest BCUT2D eigenvalue weighted by atomic mass is 16.5. The molecular weight excluding hydrogens is 470 g/mol. The van der Waals surface area contributed by atoms with Crippen molar-refractivity contribution < 1.29 is 14.3 Å². The molecule has 37 heavy (non-hydrogen) atoms. The molecule has 3 heterocycles. The smallest absolute Gasteiger partial charge is 0.252 e. The summed E-state index contributed by atoms with van der Waals surface area (Å²) in [7, 11) is 3.12. The van der Waals surface area contributed by atoms with Gasteiger partial charge < -0.3 is 9.47 Å². The van der Waals surface area contributed by atoms with Crippen LogP contribution in [0.5, 0.6) is 0 Å². The number of hydrogen-bond donors (Lipinski definition) is 1. The minimum absolute atomic E-state index is 0.0644. The fourth-order valence-electron chi connectivity index (χ4n) is 3.76. The van der Waals surface area contributed by atoms with Gasteiger partial charge in [0.15, 0.2) is 0 Å². The molecule has 0 aliphatic rings. The van der Waals surface area contributed by atoms with Crippen molar-refractivity contribution in [2.24, 2.45) is 0 Å². The van der Waals surface area contributed by atoms with Crippen molar-refractivity contribution in [1.82, 2.24) is 29.9 Å². The molecule has 0 spiro atoms. The lowest BCUT2D eigenvalue weighted by atomic mass is 10.1. The van der Waals surface area contributed by atoms with Gasteiger partial charge in [0.25, 0.3) is 5.91 Å². The molecule has 1 atom stereocenters. The molecule has 0 saturated carbocycles. The quantitative estimate of drug-likeness (QED) is 0.331. The van der Waals surface area contributed by atoms with Crippen LogP contribution in [0.25, 0.3) is 22.6 Å². The van der Waals surface area contributed by atoms with Gasteiger partial charge in [-0.3, -0.25) is 15.1 Å². The number of aromatic nitrogens is 6. The maximum absolute atomic E-state index is 12.1. The van der Waals surface area contributed by atoms with E-state index in [2.05, 4.69) is 38.4 Å². The first-order chi connectivity index (χ1) is 18.0. The average Bonchev–Trinajstić information content (AvgIpc) is 3.38. The van der Waals surface area contributed by atoms with Crippen LogP contribution in [0.15, 0.2) is 54.7 Å². The van der Waals surface area contributed by atoms with E-state index in [1.54, 1.807) is 24.1 Å². The minimum atomic E-state index is -0.376. The molecule has 188 valence electrons. The molecule has 10 nitrogen and oxygen atoms in total. The molecule has 0 bridgehead atoms. The summed E-state index contributed by atoms with van der Waals surface area (Å²) in [6.07, 6.45) is 8.10. The topological polar surface area (TPSA) is 117 Å². The van der Waals surface area contributed by atoms with Crippen LogP contribution >= 0.6 is 0 Å². The third-order valence-electron chi connectivity index (χ3n) is 5.52. The summed E-state index contributed by atoms with van der Waals surface area (Å²) in [5, 5.41) is 11.2. The maximum Gasteiger partial charge on any atom is 0.252 e. The van der Waals surface area contributed by atoms with Crippen LogP contribution in [0.3, 0.4) is 0 Å². The highest BCUT2D eigenvalue weighted by Gasteiger charge is 2.15. The van der Waals surface area contributed by atoms with Crippen molar-refractivity contribution >= 4 is 11.9 Å². The molecule has 3 aromatic heterocycles. The van der Waals surface area contributed by atoms with Crippen molar-refractivity contribution in [1.29, 1.82) is 0 Å². The number of ether oxygens (including phenoxy) is 2. The Bertz CT molecular complexity index is 1420. The van der Waals surface area contributed by atoms with Crippen molar-refractivity contribution in [3.63, 3.8) is 0 Å². The van der Waals surface area contributed by atoms with Gasteiger partial charge in [-0.15, -0.1) is 11.5 Å². The van der Waals surface area contributed by atoms with Crippen LogP contribution in [-0.4, -0.2) is 56.7 Å². The lowest BCUT2D eigenvalue weighted by Gasteiger charge is -2.13. The Morgan fingerprint density at radius 1 is 1.08 bits per heavy atom. The summed E-state index contributed by atoms with van der Waals surface area (Å²) in [4.78, 5) is 25.8. The third-order valence-corrected chi connectivity index (χ3v) is 5.52. The number of amides is 1. The fourth-order valence-corrected chi connectivity index (χ4v) is 3.76. The fraction of sp³-hybridized carbons (Fsp3) is 0.259. The van der Waals surface area contributed by atoms with Gasteiger partial charge >= 0.3 is 0 Å². The number of terminal acetylenes is 1. The molecule has 0 fully saturated rings. The number of pyridine rings is 1. The average molecular weight is 498 g/mol. The van der Waals surface area contributed by atoms with E-state index in [1.807, 2.05) is 42.5 Å². The highest BCUT2D eigenvalue weighted by molar-refractivity contribution is 5.90. The normalized spacial score (nSPS) is 11.6. The molecule has 1 amide bonds. The number of carbonyl (C=O) groups excluding carboxylic acids is 1.